The molecule has 1 saturated heterocycles. The van der Waals surface area contributed by atoms with E-state index in [4.69, 9.17) is 5.73 Å². The predicted molar refractivity (Wildman–Crippen MR) is 78.9 cm³/mol. The van der Waals surface area contributed by atoms with Crippen LogP contribution in [-0.2, 0) is 6.54 Å². The Labute approximate surface area is 117 Å². The molecule has 0 aromatic carbocycles. The third-order valence-electron chi connectivity index (χ3n) is 4.26. The predicted octanol–water partition coefficient (Wildman–Crippen LogP) is 2.56. The molecular formula is C15H28N4. The van der Waals surface area contributed by atoms with E-state index in [1.54, 1.807) is 0 Å². The van der Waals surface area contributed by atoms with Gasteiger partial charge in [0.25, 0.3) is 0 Å². The van der Waals surface area contributed by atoms with E-state index in [1.165, 1.54) is 37.8 Å². The monoisotopic (exact) mass is 264 g/mol. The van der Waals surface area contributed by atoms with Crippen molar-refractivity contribution in [3.63, 3.8) is 0 Å². The fourth-order valence-corrected chi connectivity index (χ4v) is 3.24. The fraction of sp³-hybridized carbons (Fsp3) is 0.800. The van der Waals surface area contributed by atoms with Crippen LogP contribution in [-0.4, -0.2) is 33.8 Å². The number of likely N-dealkylation sites (tertiary alicyclic amines) is 1. The number of aromatic nitrogens is 2. The van der Waals surface area contributed by atoms with Crippen LogP contribution in [0.2, 0.25) is 0 Å². The zero-order valence-electron chi connectivity index (χ0n) is 12.4. The molecule has 2 heterocycles. The number of hydrogen-bond donors (Lipinski definition) is 1. The maximum atomic E-state index is 6.06. The number of rotatable bonds is 6. The largest absolute Gasteiger partial charge is 0.329 e. The Morgan fingerprint density at radius 1 is 1.42 bits per heavy atom. The van der Waals surface area contributed by atoms with Gasteiger partial charge in [-0.05, 0) is 32.2 Å². The Bertz CT molecular complexity index is 374. The van der Waals surface area contributed by atoms with Crippen molar-refractivity contribution in [2.45, 2.75) is 64.6 Å². The minimum Gasteiger partial charge on any atom is -0.329 e. The normalized spacial score (nSPS) is 22.6. The van der Waals surface area contributed by atoms with E-state index in [0.29, 0.717) is 18.6 Å². The van der Waals surface area contributed by atoms with Crippen LogP contribution in [0.5, 0.6) is 0 Å². The molecular weight excluding hydrogens is 236 g/mol. The van der Waals surface area contributed by atoms with E-state index in [0.717, 1.165) is 13.0 Å². The van der Waals surface area contributed by atoms with Gasteiger partial charge in [0.1, 0.15) is 0 Å². The highest BCUT2D eigenvalue weighted by atomic mass is 15.3. The Morgan fingerprint density at radius 2 is 2.26 bits per heavy atom. The second-order valence-corrected chi connectivity index (χ2v) is 5.58. The molecule has 0 saturated carbocycles. The van der Waals surface area contributed by atoms with Crippen LogP contribution in [0.4, 0.5) is 0 Å². The smallest absolute Gasteiger partial charge is 0.0538 e. The molecule has 0 spiro atoms. The van der Waals surface area contributed by atoms with Gasteiger partial charge < -0.3 is 5.73 Å². The standard InChI is InChI=1S/C15H28N4/c1-3-8-18-12-13(11-17-18)15(10-16)19-9-6-5-7-14(19)4-2/h11-12,14-15H,3-10,16H2,1-2H3. The average molecular weight is 264 g/mol. The molecule has 1 aliphatic rings. The summed E-state index contributed by atoms with van der Waals surface area (Å²) in [7, 11) is 0. The number of nitrogens with two attached hydrogens (primary N) is 1. The van der Waals surface area contributed by atoms with Crippen molar-refractivity contribution in [3.8, 4) is 0 Å². The lowest BCUT2D eigenvalue weighted by atomic mass is 9.96. The first-order valence-electron chi connectivity index (χ1n) is 7.78. The van der Waals surface area contributed by atoms with Gasteiger partial charge in [0.15, 0.2) is 0 Å². The Hall–Kier alpha value is -0.870. The second kappa shape index (κ2) is 7.06. The molecule has 1 aromatic rings. The summed E-state index contributed by atoms with van der Waals surface area (Å²) < 4.78 is 2.04. The van der Waals surface area contributed by atoms with E-state index in [2.05, 4.69) is 30.0 Å². The maximum Gasteiger partial charge on any atom is 0.0538 e. The summed E-state index contributed by atoms with van der Waals surface area (Å²) >= 11 is 0. The third kappa shape index (κ3) is 3.37. The Kier molecular flexibility index (Phi) is 5.40. The highest BCUT2D eigenvalue weighted by molar-refractivity contribution is 5.12. The van der Waals surface area contributed by atoms with Gasteiger partial charge in [-0.15, -0.1) is 0 Å². The van der Waals surface area contributed by atoms with Crippen molar-refractivity contribution < 1.29 is 0 Å². The van der Waals surface area contributed by atoms with Crippen LogP contribution in [0, 0.1) is 0 Å². The Balaban J connectivity index is 2.12. The topological polar surface area (TPSA) is 47.1 Å². The van der Waals surface area contributed by atoms with Crippen molar-refractivity contribution in [1.29, 1.82) is 0 Å². The van der Waals surface area contributed by atoms with E-state index in [9.17, 15) is 0 Å². The lowest BCUT2D eigenvalue weighted by Gasteiger charge is -2.40. The summed E-state index contributed by atoms with van der Waals surface area (Å²) in [5.74, 6) is 0. The first kappa shape index (κ1) is 14.5. The summed E-state index contributed by atoms with van der Waals surface area (Å²) in [4.78, 5) is 2.61. The van der Waals surface area contributed by atoms with Crippen LogP contribution >= 0.6 is 0 Å². The van der Waals surface area contributed by atoms with Gasteiger partial charge in [0.2, 0.25) is 0 Å². The summed E-state index contributed by atoms with van der Waals surface area (Å²) in [6.07, 6.45) is 10.5. The molecule has 0 amide bonds. The van der Waals surface area contributed by atoms with Crippen LogP contribution in [0.25, 0.3) is 0 Å². The van der Waals surface area contributed by atoms with Crippen LogP contribution in [0.1, 0.15) is 57.6 Å². The minimum atomic E-state index is 0.343. The van der Waals surface area contributed by atoms with Gasteiger partial charge in [-0.3, -0.25) is 9.58 Å². The molecule has 0 aliphatic carbocycles. The zero-order valence-corrected chi connectivity index (χ0v) is 12.4. The molecule has 2 unspecified atom stereocenters. The number of piperidine rings is 1. The molecule has 2 rings (SSSR count). The molecule has 1 fully saturated rings. The molecule has 19 heavy (non-hydrogen) atoms. The summed E-state index contributed by atoms with van der Waals surface area (Å²) in [6, 6.07) is 1.03. The van der Waals surface area contributed by atoms with Crippen molar-refractivity contribution in [2.24, 2.45) is 5.73 Å². The molecule has 0 radical (unpaired) electrons. The van der Waals surface area contributed by atoms with Gasteiger partial charge in [-0.1, -0.05) is 20.3 Å². The molecule has 1 aromatic heterocycles. The van der Waals surface area contributed by atoms with E-state index >= 15 is 0 Å². The molecule has 2 N–H and O–H groups in total. The molecule has 4 nitrogen and oxygen atoms in total. The van der Waals surface area contributed by atoms with Crippen LogP contribution < -0.4 is 5.73 Å². The van der Waals surface area contributed by atoms with Gasteiger partial charge in [-0.2, -0.15) is 5.10 Å². The lowest BCUT2D eigenvalue weighted by molar-refractivity contribution is 0.0949. The molecule has 1 aliphatic heterocycles. The first-order valence-corrected chi connectivity index (χ1v) is 7.78. The molecule has 4 heteroatoms. The first-order chi connectivity index (χ1) is 9.30. The second-order valence-electron chi connectivity index (χ2n) is 5.58. The van der Waals surface area contributed by atoms with E-state index in [-0.39, 0.29) is 0 Å². The van der Waals surface area contributed by atoms with Gasteiger partial charge >= 0.3 is 0 Å². The highest BCUT2D eigenvalue weighted by Gasteiger charge is 2.28. The van der Waals surface area contributed by atoms with Crippen LogP contribution in [0.3, 0.4) is 0 Å². The Morgan fingerprint density at radius 3 is 2.95 bits per heavy atom. The van der Waals surface area contributed by atoms with Crippen molar-refractivity contribution in [3.05, 3.63) is 18.0 Å². The number of nitrogens with zero attached hydrogens (tertiary/aromatic N) is 3. The average Bonchev–Trinajstić information content (AvgIpc) is 2.89. The summed E-state index contributed by atoms with van der Waals surface area (Å²) in [5, 5.41) is 4.45. The summed E-state index contributed by atoms with van der Waals surface area (Å²) in [5.41, 5.74) is 7.35. The highest BCUT2D eigenvalue weighted by Crippen LogP contribution is 2.29. The van der Waals surface area contributed by atoms with Crippen LogP contribution in [0.15, 0.2) is 12.4 Å². The summed E-state index contributed by atoms with van der Waals surface area (Å²) in [6.45, 7) is 7.33. The van der Waals surface area contributed by atoms with Gasteiger partial charge in [-0.25, -0.2) is 0 Å². The van der Waals surface area contributed by atoms with E-state index in [1.807, 2.05) is 10.9 Å². The molecule has 2 atom stereocenters. The fourth-order valence-electron chi connectivity index (χ4n) is 3.24. The third-order valence-corrected chi connectivity index (χ3v) is 4.26. The SMILES string of the molecule is CCCn1cc(C(CN)N2CCCCC2CC)cn1. The molecule has 0 bridgehead atoms. The number of aryl methyl sites for hydroxylation is 1. The van der Waals surface area contributed by atoms with E-state index < -0.39 is 0 Å². The lowest BCUT2D eigenvalue weighted by Crippen LogP contribution is -2.44. The van der Waals surface area contributed by atoms with Gasteiger partial charge in [0.05, 0.1) is 12.2 Å². The maximum absolute atomic E-state index is 6.06. The molecule has 108 valence electrons. The van der Waals surface area contributed by atoms with Gasteiger partial charge in [0, 0.05) is 30.9 Å². The number of hydrogen-bond acceptors (Lipinski definition) is 3. The zero-order chi connectivity index (χ0) is 13.7. The van der Waals surface area contributed by atoms with Crippen molar-refractivity contribution in [2.75, 3.05) is 13.1 Å². The quantitative estimate of drug-likeness (QED) is 0.859. The van der Waals surface area contributed by atoms with Crippen molar-refractivity contribution in [1.82, 2.24) is 14.7 Å². The van der Waals surface area contributed by atoms with Crippen molar-refractivity contribution >= 4 is 0 Å². The minimum absolute atomic E-state index is 0.343.